The third-order valence-electron chi connectivity index (χ3n) is 11.2. The second-order valence-corrected chi connectivity index (χ2v) is 14.0. The minimum Gasteiger partial charge on any atom is -0.458 e. The Morgan fingerprint density at radius 1 is 0.415 bits per heavy atom. The van der Waals surface area contributed by atoms with Gasteiger partial charge in [0.25, 0.3) is 6.71 Å². The Labute approximate surface area is 309 Å². The van der Waals surface area contributed by atoms with Gasteiger partial charge in [-0.25, -0.2) is 0 Å². The predicted octanol–water partition coefficient (Wildman–Crippen LogP) is 10.2. The number of hydrogen-bond donors (Lipinski definition) is 0. The van der Waals surface area contributed by atoms with Crippen LogP contribution >= 0.6 is 0 Å². The molecule has 2 aliphatic heterocycles. The molecule has 0 unspecified atom stereocenters. The van der Waals surface area contributed by atoms with E-state index in [2.05, 4.69) is 193 Å². The number of rotatable bonds is 5. The summed E-state index contributed by atoms with van der Waals surface area (Å²) in [5, 5.41) is 0. The SMILES string of the molecule is c1ccc(N(c2ccccc2)c2ccc3c(c2)C(c2ccccc2)(c2ccccc2)c2c-3ccc3c2Oc2cccc4c2B3c2ccccc2O4)cc1. The summed E-state index contributed by atoms with van der Waals surface area (Å²) in [6.45, 7) is -0.0321. The first-order valence-electron chi connectivity index (χ1n) is 18.2. The lowest BCUT2D eigenvalue weighted by Gasteiger charge is -2.38. The van der Waals surface area contributed by atoms with Crippen molar-refractivity contribution in [3.63, 3.8) is 0 Å². The average Bonchev–Trinajstić information content (AvgIpc) is 3.53. The van der Waals surface area contributed by atoms with Crippen molar-refractivity contribution < 1.29 is 9.47 Å². The van der Waals surface area contributed by atoms with Gasteiger partial charge in [0.1, 0.15) is 23.0 Å². The van der Waals surface area contributed by atoms with E-state index in [0.717, 1.165) is 56.4 Å². The average molecular weight is 678 g/mol. The summed E-state index contributed by atoms with van der Waals surface area (Å²) in [4.78, 5) is 2.35. The number of ether oxygens (including phenoxy) is 2. The normalized spacial score (nSPS) is 13.7. The van der Waals surface area contributed by atoms with E-state index < -0.39 is 5.41 Å². The van der Waals surface area contributed by atoms with Gasteiger partial charge in [0.2, 0.25) is 0 Å². The highest BCUT2D eigenvalue weighted by Gasteiger charge is 2.51. The zero-order valence-electron chi connectivity index (χ0n) is 28.8. The molecule has 2 heterocycles. The Hall–Kier alpha value is -6.78. The molecule has 0 aromatic heterocycles. The van der Waals surface area contributed by atoms with Gasteiger partial charge in [-0.1, -0.05) is 140 Å². The molecular formula is C49H32BNO2. The van der Waals surface area contributed by atoms with Crippen LogP contribution in [-0.2, 0) is 5.41 Å². The molecular weight excluding hydrogens is 645 g/mol. The van der Waals surface area contributed by atoms with E-state index in [1.165, 1.54) is 33.4 Å². The molecule has 0 saturated carbocycles. The van der Waals surface area contributed by atoms with Crippen LogP contribution < -0.4 is 30.8 Å². The number of fused-ring (bicyclic) bond motifs is 8. The summed E-state index contributed by atoms with van der Waals surface area (Å²) in [5.74, 6) is 3.50. The second-order valence-electron chi connectivity index (χ2n) is 14.0. The van der Waals surface area contributed by atoms with Crippen LogP contribution in [0.25, 0.3) is 11.1 Å². The molecule has 8 aromatic rings. The quantitative estimate of drug-likeness (QED) is 0.169. The van der Waals surface area contributed by atoms with Crippen molar-refractivity contribution in [1.29, 1.82) is 0 Å². The molecule has 0 saturated heterocycles. The van der Waals surface area contributed by atoms with Crippen molar-refractivity contribution in [2.75, 3.05) is 4.90 Å². The third kappa shape index (κ3) is 4.30. The lowest BCUT2D eigenvalue weighted by atomic mass is 9.34. The van der Waals surface area contributed by atoms with Crippen LogP contribution in [0, 0.1) is 0 Å². The van der Waals surface area contributed by atoms with Crippen molar-refractivity contribution in [2.24, 2.45) is 0 Å². The third-order valence-corrected chi connectivity index (χ3v) is 11.2. The first kappa shape index (κ1) is 29.9. The maximum atomic E-state index is 7.24. The van der Waals surface area contributed by atoms with Gasteiger partial charge < -0.3 is 14.4 Å². The summed E-state index contributed by atoms with van der Waals surface area (Å²) in [7, 11) is 0. The van der Waals surface area contributed by atoms with Gasteiger partial charge in [-0.3, -0.25) is 0 Å². The van der Waals surface area contributed by atoms with Gasteiger partial charge in [0.05, 0.1) is 5.41 Å². The fourth-order valence-corrected chi connectivity index (χ4v) is 9.13. The first-order valence-corrected chi connectivity index (χ1v) is 18.2. The molecule has 0 fully saturated rings. The molecule has 0 N–H and O–H groups in total. The Kier molecular flexibility index (Phi) is 6.56. The van der Waals surface area contributed by atoms with E-state index in [1.807, 2.05) is 6.07 Å². The number of nitrogens with zero attached hydrogens (tertiary/aromatic N) is 1. The minimum atomic E-state index is -0.687. The van der Waals surface area contributed by atoms with Gasteiger partial charge >= 0.3 is 0 Å². The van der Waals surface area contributed by atoms with E-state index in [1.54, 1.807) is 0 Å². The predicted molar refractivity (Wildman–Crippen MR) is 216 cm³/mol. The van der Waals surface area contributed by atoms with Crippen molar-refractivity contribution in [3.8, 4) is 34.1 Å². The molecule has 0 radical (unpaired) electrons. The Morgan fingerprint density at radius 3 is 1.62 bits per heavy atom. The molecule has 11 rings (SSSR count). The highest BCUT2D eigenvalue weighted by Crippen LogP contribution is 2.60. The highest BCUT2D eigenvalue weighted by molar-refractivity contribution is 6.98. The summed E-state index contributed by atoms with van der Waals surface area (Å²) in [5.41, 5.74) is 13.2. The zero-order valence-corrected chi connectivity index (χ0v) is 28.8. The van der Waals surface area contributed by atoms with E-state index in [4.69, 9.17) is 9.47 Å². The monoisotopic (exact) mass is 677 g/mol. The number of benzene rings is 8. The molecule has 248 valence electrons. The lowest BCUT2D eigenvalue weighted by molar-refractivity contribution is 0.458. The number of hydrogen-bond acceptors (Lipinski definition) is 3. The van der Waals surface area contributed by atoms with Crippen molar-refractivity contribution in [1.82, 2.24) is 0 Å². The summed E-state index contributed by atoms with van der Waals surface area (Å²) in [6, 6.07) is 69.5. The Morgan fingerprint density at radius 2 is 0.962 bits per heavy atom. The number of anilines is 3. The molecule has 1 aliphatic carbocycles. The summed E-state index contributed by atoms with van der Waals surface area (Å²) < 4.78 is 13.7. The van der Waals surface area contributed by atoms with E-state index >= 15 is 0 Å². The highest BCUT2D eigenvalue weighted by atomic mass is 16.5. The van der Waals surface area contributed by atoms with Crippen LogP contribution in [0.15, 0.2) is 194 Å². The molecule has 0 amide bonds. The van der Waals surface area contributed by atoms with Crippen LogP contribution in [0.4, 0.5) is 17.1 Å². The van der Waals surface area contributed by atoms with Crippen molar-refractivity contribution in [2.45, 2.75) is 5.41 Å². The maximum Gasteiger partial charge on any atom is 0.260 e. The summed E-state index contributed by atoms with van der Waals surface area (Å²) in [6.07, 6.45) is 0. The zero-order chi connectivity index (χ0) is 34.9. The van der Waals surface area contributed by atoms with Gasteiger partial charge in [-0.2, -0.15) is 0 Å². The smallest absolute Gasteiger partial charge is 0.260 e. The van der Waals surface area contributed by atoms with Gasteiger partial charge in [-0.05, 0) is 93.3 Å². The van der Waals surface area contributed by atoms with Crippen LogP contribution in [0.3, 0.4) is 0 Å². The maximum absolute atomic E-state index is 7.24. The minimum absolute atomic E-state index is 0.0321. The molecule has 4 heteroatoms. The fraction of sp³-hybridized carbons (Fsp3) is 0.0204. The van der Waals surface area contributed by atoms with Gasteiger partial charge in [0.15, 0.2) is 0 Å². The van der Waals surface area contributed by atoms with Crippen LogP contribution in [-0.4, -0.2) is 6.71 Å². The first-order chi connectivity index (χ1) is 26.3. The topological polar surface area (TPSA) is 21.7 Å². The molecule has 8 aromatic carbocycles. The lowest BCUT2D eigenvalue weighted by Crippen LogP contribution is -2.57. The Bertz CT molecular complexity index is 2600. The van der Waals surface area contributed by atoms with E-state index in [-0.39, 0.29) is 6.71 Å². The van der Waals surface area contributed by atoms with E-state index in [9.17, 15) is 0 Å². The van der Waals surface area contributed by atoms with Crippen molar-refractivity contribution in [3.05, 3.63) is 216 Å². The largest absolute Gasteiger partial charge is 0.458 e. The molecule has 53 heavy (non-hydrogen) atoms. The van der Waals surface area contributed by atoms with Crippen LogP contribution in [0.2, 0.25) is 0 Å². The van der Waals surface area contributed by atoms with E-state index in [0.29, 0.717) is 0 Å². The molecule has 0 bridgehead atoms. The molecule has 0 atom stereocenters. The number of para-hydroxylation sites is 3. The second kappa shape index (κ2) is 11.6. The molecule has 0 spiro atoms. The molecule has 3 nitrogen and oxygen atoms in total. The van der Waals surface area contributed by atoms with Crippen molar-refractivity contribution >= 4 is 40.2 Å². The Balaban J connectivity index is 1.24. The van der Waals surface area contributed by atoms with Crippen LogP contribution in [0.1, 0.15) is 22.3 Å². The summed E-state index contributed by atoms with van der Waals surface area (Å²) >= 11 is 0. The van der Waals surface area contributed by atoms with Crippen LogP contribution in [0.5, 0.6) is 23.0 Å². The van der Waals surface area contributed by atoms with Gasteiger partial charge in [-0.15, -0.1) is 0 Å². The van der Waals surface area contributed by atoms with Gasteiger partial charge in [0, 0.05) is 28.1 Å². The fourth-order valence-electron chi connectivity index (χ4n) is 9.13. The standard InChI is InChI=1S/C49H32BNO2/c1-5-16-33(17-6-1)49(34-18-7-2-8-19-34)40-32-37(51(35-20-9-3-10-21-35)36-22-11-4-12-23-36)28-29-38(40)39-30-31-42-48(46(39)49)53-45-27-15-26-44-47(45)50(42)41-24-13-14-25-43(41)52-44/h1-32H. The molecule has 3 aliphatic rings.